The van der Waals surface area contributed by atoms with Crippen molar-refractivity contribution in [1.29, 1.82) is 0 Å². The van der Waals surface area contributed by atoms with Gasteiger partial charge >= 0.3 is 0 Å². The number of amides is 1. The van der Waals surface area contributed by atoms with Crippen molar-refractivity contribution in [2.45, 2.75) is 12.1 Å². The third-order valence-electron chi connectivity index (χ3n) is 4.31. The van der Waals surface area contributed by atoms with Crippen LogP contribution in [0.3, 0.4) is 0 Å². The molecule has 4 aromatic rings. The van der Waals surface area contributed by atoms with Gasteiger partial charge in [0.15, 0.2) is 10.9 Å². The van der Waals surface area contributed by atoms with E-state index in [2.05, 4.69) is 15.5 Å². The Balaban J connectivity index is 1.42. The number of carbonyl (C=O) groups excluding carboxylic acids is 1. The molecule has 0 bridgehead atoms. The highest BCUT2D eigenvalue weighted by atomic mass is 35.5. The first kappa shape index (κ1) is 21.0. The molecule has 6 nitrogen and oxygen atoms in total. The standard InChI is InChI=1S/C23H19ClN4O2S/c1-16-6-4-9-19(12-16)30-21-11-3-2-10-20(21)26-22(29)14-31-23-27-25-15-28(23)18-8-5-7-17(24)13-18/h2-13,15H,14H2,1H3,(H,26,29). The fraction of sp³-hybridized carbons (Fsp3) is 0.0870. The summed E-state index contributed by atoms with van der Waals surface area (Å²) in [6, 6.07) is 22.5. The molecule has 0 saturated heterocycles. The van der Waals surface area contributed by atoms with Gasteiger partial charge in [0, 0.05) is 5.02 Å². The van der Waals surface area contributed by atoms with Gasteiger partial charge in [-0.25, -0.2) is 0 Å². The first-order valence-corrected chi connectivity index (χ1v) is 10.9. The molecule has 0 radical (unpaired) electrons. The van der Waals surface area contributed by atoms with Crippen LogP contribution in [-0.4, -0.2) is 26.4 Å². The van der Waals surface area contributed by atoms with Gasteiger partial charge in [0.2, 0.25) is 5.91 Å². The van der Waals surface area contributed by atoms with Gasteiger partial charge in [-0.05, 0) is 55.0 Å². The number of hydrogen-bond donors (Lipinski definition) is 1. The van der Waals surface area contributed by atoms with Crippen molar-refractivity contribution in [2.75, 3.05) is 11.1 Å². The number of ether oxygens (including phenoxy) is 1. The first-order valence-electron chi connectivity index (χ1n) is 9.51. The fourth-order valence-corrected chi connectivity index (χ4v) is 3.82. The van der Waals surface area contributed by atoms with Crippen molar-refractivity contribution in [3.8, 4) is 17.2 Å². The van der Waals surface area contributed by atoms with Gasteiger partial charge in [-0.1, -0.05) is 53.7 Å². The van der Waals surface area contributed by atoms with Crippen LogP contribution >= 0.6 is 23.4 Å². The van der Waals surface area contributed by atoms with Crippen molar-refractivity contribution in [3.05, 3.63) is 89.7 Å². The summed E-state index contributed by atoms with van der Waals surface area (Å²) in [7, 11) is 0. The van der Waals surface area contributed by atoms with Crippen LogP contribution < -0.4 is 10.1 Å². The smallest absolute Gasteiger partial charge is 0.234 e. The molecule has 0 atom stereocenters. The summed E-state index contributed by atoms with van der Waals surface area (Å²) in [5.74, 6) is 1.28. The fourth-order valence-electron chi connectivity index (χ4n) is 2.91. The minimum absolute atomic E-state index is 0.165. The van der Waals surface area contributed by atoms with E-state index in [-0.39, 0.29) is 11.7 Å². The molecule has 1 N–H and O–H groups in total. The first-order chi connectivity index (χ1) is 15.1. The number of para-hydroxylation sites is 2. The normalized spacial score (nSPS) is 10.6. The third kappa shape index (κ3) is 5.45. The van der Waals surface area contributed by atoms with E-state index in [1.807, 2.05) is 73.7 Å². The molecule has 4 rings (SSSR count). The number of benzene rings is 3. The molecule has 1 heterocycles. The van der Waals surface area contributed by atoms with E-state index in [0.717, 1.165) is 11.3 Å². The zero-order chi connectivity index (χ0) is 21.6. The Hall–Kier alpha value is -3.29. The van der Waals surface area contributed by atoms with E-state index < -0.39 is 0 Å². The van der Waals surface area contributed by atoms with Crippen LogP contribution in [0.1, 0.15) is 5.56 Å². The van der Waals surface area contributed by atoms with Crippen molar-refractivity contribution < 1.29 is 9.53 Å². The van der Waals surface area contributed by atoms with Crippen LogP contribution in [0.2, 0.25) is 5.02 Å². The predicted molar refractivity (Wildman–Crippen MR) is 123 cm³/mol. The van der Waals surface area contributed by atoms with E-state index in [9.17, 15) is 4.79 Å². The second-order valence-corrected chi connectivity index (χ2v) is 8.09. The van der Waals surface area contributed by atoms with Crippen molar-refractivity contribution >= 4 is 35.0 Å². The molecule has 0 unspecified atom stereocenters. The number of thioether (sulfide) groups is 1. The molecule has 1 amide bonds. The number of halogens is 1. The largest absolute Gasteiger partial charge is 0.455 e. The van der Waals surface area contributed by atoms with Gasteiger partial charge in [-0.3, -0.25) is 9.36 Å². The number of nitrogens with one attached hydrogen (secondary N) is 1. The van der Waals surface area contributed by atoms with Gasteiger partial charge in [0.1, 0.15) is 12.1 Å². The Morgan fingerprint density at radius 1 is 1.10 bits per heavy atom. The predicted octanol–water partition coefficient (Wildman–Crippen LogP) is 5.75. The Morgan fingerprint density at radius 3 is 2.77 bits per heavy atom. The summed E-state index contributed by atoms with van der Waals surface area (Å²) in [4.78, 5) is 12.6. The molecule has 31 heavy (non-hydrogen) atoms. The minimum Gasteiger partial charge on any atom is -0.455 e. The van der Waals surface area contributed by atoms with Crippen molar-refractivity contribution in [2.24, 2.45) is 0 Å². The summed E-state index contributed by atoms with van der Waals surface area (Å²) >= 11 is 7.36. The molecule has 3 aromatic carbocycles. The Kier molecular flexibility index (Phi) is 6.54. The summed E-state index contributed by atoms with van der Waals surface area (Å²) in [5, 5.41) is 12.2. The van der Waals surface area contributed by atoms with E-state index in [0.29, 0.717) is 27.4 Å². The molecule has 0 aliphatic rings. The number of carbonyl (C=O) groups is 1. The highest BCUT2D eigenvalue weighted by molar-refractivity contribution is 7.99. The van der Waals surface area contributed by atoms with Crippen molar-refractivity contribution in [3.63, 3.8) is 0 Å². The van der Waals surface area contributed by atoms with Crippen LogP contribution in [0.4, 0.5) is 5.69 Å². The topological polar surface area (TPSA) is 69.0 Å². The molecule has 0 aliphatic heterocycles. The zero-order valence-corrected chi connectivity index (χ0v) is 18.2. The second-order valence-electron chi connectivity index (χ2n) is 6.71. The zero-order valence-electron chi connectivity index (χ0n) is 16.7. The van der Waals surface area contributed by atoms with E-state index in [1.54, 1.807) is 17.0 Å². The Morgan fingerprint density at radius 2 is 1.94 bits per heavy atom. The summed E-state index contributed by atoms with van der Waals surface area (Å²) in [6.07, 6.45) is 1.59. The average Bonchev–Trinajstić information content (AvgIpc) is 3.22. The molecule has 1 aromatic heterocycles. The number of aryl methyl sites for hydroxylation is 1. The number of anilines is 1. The SMILES string of the molecule is Cc1cccc(Oc2ccccc2NC(=O)CSc2nncn2-c2cccc(Cl)c2)c1. The highest BCUT2D eigenvalue weighted by Gasteiger charge is 2.13. The quantitative estimate of drug-likeness (QED) is 0.363. The number of hydrogen-bond acceptors (Lipinski definition) is 5. The van der Waals surface area contributed by atoms with E-state index in [1.165, 1.54) is 11.8 Å². The van der Waals surface area contributed by atoms with E-state index >= 15 is 0 Å². The molecule has 8 heteroatoms. The lowest BCUT2D eigenvalue weighted by Crippen LogP contribution is -2.15. The second kappa shape index (κ2) is 9.68. The van der Waals surface area contributed by atoms with Crippen molar-refractivity contribution in [1.82, 2.24) is 14.8 Å². The van der Waals surface area contributed by atoms with Crippen LogP contribution in [0.5, 0.6) is 11.5 Å². The average molecular weight is 451 g/mol. The van der Waals surface area contributed by atoms with Gasteiger partial charge in [0.05, 0.1) is 17.1 Å². The molecule has 0 aliphatic carbocycles. The van der Waals surface area contributed by atoms with Crippen LogP contribution in [0.15, 0.2) is 84.3 Å². The van der Waals surface area contributed by atoms with Gasteiger partial charge in [-0.2, -0.15) is 0 Å². The number of aromatic nitrogens is 3. The Bertz CT molecular complexity index is 1210. The van der Waals surface area contributed by atoms with Crippen LogP contribution in [0.25, 0.3) is 5.69 Å². The monoisotopic (exact) mass is 450 g/mol. The maximum atomic E-state index is 12.6. The highest BCUT2D eigenvalue weighted by Crippen LogP contribution is 2.30. The van der Waals surface area contributed by atoms with Gasteiger partial charge in [-0.15, -0.1) is 10.2 Å². The lowest BCUT2D eigenvalue weighted by atomic mass is 10.2. The Labute approximate surface area is 189 Å². The lowest BCUT2D eigenvalue weighted by molar-refractivity contribution is -0.113. The van der Waals surface area contributed by atoms with Crippen LogP contribution in [-0.2, 0) is 4.79 Å². The number of rotatable bonds is 7. The maximum Gasteiger partial charge on any atom is 0.234 e. The molecule has 0 saturated carbocycles. The summed E-state index contributed by atoms with van der Waals surface area (Å²) < 4.78 is 7.76. The number of nitrogens with zero attached hydrogens (tertiary/aromatic N) is 3. The molecule has 0 fully saturated rings. The lowest BCUT2D eigenvalue weighted by Gasteiger charge is -2.12. The van der Waals surface area contributed by atoms with Crippen LogP contribution in [0, 0.1) is 6.92 Å². The third-order valence-corrected chi connectivity index (χ3v) is 5.49. The van der Waals surface area contributed by atoms with Gasteiger partial charge < -0.3 is 10.1 Å². The molecular formula is C23H19ClN4O2S. The maximum absolute atomic E-state index is 12.6. The minimum atomic E-state index is -0.175. The molecule has 156 valence electrons. The molecule has 0 spiro atoms. The van der Waals surface area contributed by atoms with E-state index in [4.69, 9.17) is 16.3 Å². The molecular weight excluding hydrogens is 432 g/mol. The van der Waals surface area contributed by atoms with Gasteiger partial charge in [0.25, 0.3) is 0 Å². The summed E-state index contributed by atoms with van der Waals surface area (Å²) in [5.41, 5.74) is 2.53. The summed E-state index contributed by atoms with van der Waals surface area (Å²) in [6.45, 7) is 2.00.